The average molecular weight is 349 g/mol. The maximum absolute atomic E-state index is 11.7. The fourth-order valence-corrected chi connectivity index (χ4v) is 1.89. The van der Waals surface area contributed by atoms with Crippen molar-refractivity contribution in [2.24, 2.45) is 0 Å². The van der Waals surface area contributed by atoms with E-state index in [-0.39, 0.29) is 0 Å². The van der Waals surface area contributed by atoms with Crippen LogP contribution in [-0.2, 0) is 4.79 Å². The standard InChI is InChI=1S/C12H15BrClN3O2/c1-3-15-12(19)17-11(18)7(2)16-9-6-4-5-8(14)10(9)13/h4-7,16H,3H2,1-2H3,(H2,15,17,18,19). The van der Waals surface area contributed by atoms with Crippen LogP contribution in [0.3, 0.4) is 0 Å². The molecule has 3 N–H and O–H groups in total. The summed E-state index contributed by atoms with van der Waals surface area (Å²) in [7, 11) is 0. The van der Waals surface area contributed by atoms with Crippen molar-refractivity contribution in [3.63, 3.8) is 0 Å². The molecule has 0 bridgehead atoms. The molecule has 0 aromatic heterocycles. The molecule has 0 radical (unpaired) electrons. The van der Waals surface area contributed by atoms with Gasteiger partial charge in [0.05, 0.1) is 15.2 Å². The third-order valence-electron chi connectivity index (χ3n) is 2.29. The van der Waals surface area contributed by atoms with E-state index in [0.29, 0.717) is 21.7 Å². The lowest BCUT2D eigenvalue weighted by Crippen LogP contribution is -2.45. The number of imide groups is 1. The van der Waals surface area contributed by atoms with Gasteiger partial charge in [0.1, 0.15) is 6.04 Å². The van der Waals surface area contributed by atoms with Crippen LogP contribution in [0.25, 0.3) is 0 Å². The summed E-state index contributed by atoms with van der Waals surface area (Å²) in [5.41, 5.74) is 0.686. The normalized spacial score (nSPS) is 11.6. The largest absolute Gasteiger partial charge is 0.373 e. The molecular weight excluding hydrogens is 334 g/mol. The van der Waals surface area contributed by atoms with Gasteiger partial charge in [0.15, 0.2) is 0 Å². The van der Waals surface area contributed by atoms with Crippen LogP contribution in [-0.4, -0.2) is 24.5 Å². The quantitative estimate of drug-likeness (QED) is 0.783. The number of halogens is 2. The third-order valence-corrected chi connectivity index (χ3v) is 3.69. The number of rotatable bonds is 4. The van der Waals surface area contributed by atoms with Gasteiger partial charge in [0.25, 0.3) is 0 Å². The Morgan fingerprint density at radius 1 is 1.42 bits per heavy atom. The Morgan fingerprint density at radius 3 is 2.74 bits per heavy atom. The molecule has 3 amide bonds. The van der Waals surface area contributed by atoms with Crippen LogP contribution in [0.1, 0.15) is 13.8 Å². The molecule has 0 aliphatic carbocycles. The monoisotopic (exact) mass is 347 g/mol. The van der Waals surface area contributed by atoms with Crippen molar-refractivity contribution in [2.45, 2.75) is 19.9 Å². The van der Waals surface area contributed by atoms with Crippen molar-refractivity contribution < 1.29 is 9.59 Å². The van der Waals surface area contributed by atoms with Gasteiger partial charge in [-0.25, -0.2) is 4.79 Å². The van der Waals surface area contributed by atoms with Crippen molar-refractivity contribution in [3.05, 3.63) is 27.7 Å². The van der Waals surface area contributed by atoms with Gasteiger partial charge in [-0.15, -0.1) is 0 Å². The molecule has 0 aliphatic heterocycles. The van der Waals surface area contributed by atoms with E-state index in [1.165, 1.54) is 0 Å². The number of carbonyl (C=O) groups is 2. The highest BCUT2D eigenvalue weighted by molar-refractivity contribution is 9.10. The molecular formula is C12H15BrClN3O2. The molecule has 19 heavy (non-hydrogen) atoms. The summed E-state index contributed by atoms with van der Waals surface area (Å²) in [4.78, 5) is 23.0. The number of carbonyl (C=O) groups excluding carboxylic acids is 2. The zero-order valence-corrected chi connectivity index (χ0v) is 12.9. The van der Waals surface area contributed by atoms with E-state index in [1.54, 1.807) is 32.0 Å². The maximum atomic E-state index is 11.7. The SMILES string of the molecule is CCNC(=O)NC(=O)C(C)Nc1cccc(Cl)c1Br. The number of hydrogen-bond acceptors (Lipinski definition) is 3. The third kappa shape index (κ3) is 4.72. The number of urea groups is 1. The zero-order valence-electron chi connectivity index (χ0n) is 10.6. The summed E-state index contributed by atoms with van der Waals surface area (Å²) in [6.07, 6.45) is 0. The first kappa shape index (κ1) is 15.8. The molecule has 1 atom stereocenters. The van der Waals surface area contributed by atoms with Crippen LogP contribution in [0.2, 0.25) is 5.02 Å². The van der Waals surface area contributed by atoms with E-state index in [0.717, 1.165) is 0 Å². The van der Waals surface area contributed by atoms with E-state index >= 15 is 0 Å². The molecule has 7 heteroatoms. The first-order valence-corrected chi connectivity index (χ1v) is 6.92. The second kappa shape index (κ2) is 7.35. The van der Waals surface area contributed by atoms with Gasteiger partial charge in [-0.05, 0) is 41.9 Å². The smallest absolute Gasteiger partial charge is 0.321 e. The van der Waals surface area contributed by atoms with E-state index in [2.05, 4.69) is 31.9 Å². The van der Waals surface area contributed by atoms with Crippen LogP contribution < -0.4 is 16.0 Å². The lowest BCUT2D eigenvalue weighted by Gasteiger charge is -2.16. The molecule has 1 rings (SSSR count). The fraction of sp³-hybridized carbons (Fsp3) is 0.333. The molecule has 0 heterocycles. The Kier molecular flexibility index (Phi) is 6.11. The number of anilines is 1. The highest BCUT2D eigenvalue weighted by Crippen LogP contribution is 2.30. The predicted molar refractivity (Wildman–Crippen MR) is 79.5 cm³/mol. The molecule has 5 nitrogen and oxygen atoms in total. The second-order valence-corrected chi connectivity index (χ2v) is 5.02. The minimum absolute atomic E-state index is 0.419. The molecule has 0 spiro atoms. The second-order valence-electron chi connectivity index (χ2n) is 3.82. The van der Waals surface area contributed by atoms with Crippen molar-refractivity contribution in [2.75, 3.05) is 11.9 Å². The topological polar surface area (TPSA) is 70.2 Å². The Labute approximate surface area is 125 Å². The van der Waals surface area contributed by atoms with E-state index in [1.807, 2.05) is 0 Å². The fourth-order valence-electron chi connectivity index (χ4n) is 1.34. The highest BCUT2D eigenvalue weighted by atomic mass is 79.9. The van der Waals surface area contributed by atoms with E-state index in [9.17, 15) is 9.59 Å². The lowest BCUT2D eigenvalue weighted by molar-refractivity contribution is -0.120. The van der Waals surface area contributed by atoms with Gasteiger partial charge < -0.3 is 10.6 Å². The molecule has 0 aliphatic rings. The van der Waals surface area contributed by atoms with Crippen molar-refractivity contribution in [1.82, 2.24) is 10.6 Å². The number of nitrogens with one attached hydrogen (secondary N) is 3. The van der Waals surface area contributed by atoms with Gasteiger partial charge in [0.2, 0.25) is 5.91 Å². The van der Waals surface area contributed by atoms with Crippen molar-refractivity contribution in [1.29, 1.82) is 0 Å². The van der Waals surface area contributed by atoms with Crippen LogP contribution in [0.4, 0.5) is 10.5 Å². The van der Waals surface area contributed by atoms with E-state index in [4.69, 9.17) is 11.6 Å². The summed E-state index contributed by atoms with van der Waals surface area (Å²) >= 11 is 9.28. The molecule has 1 aromatic carbocycles. The van der Waals surface area contributed by atoms with Gasteiger partial charge in [-0.1, -0.05) is 17.7 Å². The van der Waals surface area contributed by atoms with Gasteiger partial charge in [-0.3, -0.25) is 10.1 Å². The Hall–Kier alpha value is -1.27. The number of benzene rings is 1. The maximum Gasteiger partial charge on any atom is 0.321 e. The predicted octanol–water partition coefficient (Wildman–Crippen LogP) is 2.75. The summed E-state index contributed by atoms with van der Waals surface area (Å²) in [5.74, 6) is -0.419. The number of hydrogen-bond donors (Lipinski definition) is 3. The van der Waals surface area contributed by atoms with Crippen LogP contribution in [0.15, 0.2) is 22.7 Å². The Balaban J connectivity index is 2.64. The highest BCUT2D eigenvalue weighted by Gasteiger charge is 2.16. The lowest BCUT2D eigenvalue weighted by atomic mass is 10.2. The first-order chi connectivity index (χ1) is 8.95. The Morgan fingerprint density at radius 2 is 2.11 bits per heavy atom. The molecule has 1 aromatic rings. The molecule has 0 saturated heterocycles. The van der Waals surface area contributed by atoms with Crippen molar-refractivity contribution in [3.8, 4) is 0 Å². The summed E-state index contributed by atoms with van der Waals surface area (Å²) in [5, 5.41) is 8.24. The molecule has 0 fully saturated rings. The average Bonchev–Trinajstić information content (AvgIpc) is 2.35. The molecule has 1 unspecified atom stereocenters. The summed E-state index contributed by atoms with van der Waals surface area (Å²) < 4.78 is 0.675. The van der Waals surface area contributed by atoms with Crippen LogP contribution in [0, 0.1) is 0 Å². The number of amides is 3. The van der Waals surface area contributed by atoms with Crippen LogP contribution >= 0.6 is 27.5 Å². The minimum atomic E-state index is -0.572. The molecule has 104 valence electrons. The first-order valence-electron chi connectivity index (χ1n) is 5.75. The summed E-state index contributed by atoms with van der Waals surface area (Å²) in [6.45, 7) is 3.89. The Bertz CT molecular complexity index is 482. The van der Waals surface area contributed by atoms with Gasteiger partial charge in [0, 0.05) is 6.54 Å². The van der Waals surface area contributed by atoms with E-state index < -0.39 is 18.0 Å². The van der Waals surface area contributed by atoms with Crippen LogP contribution in [0.5, 0.6) is 0 Å². The van der Waals surface area contributed by atoms with Gasteiger partial charge in [-0.2, -0.15) is 0 Å². The minimum Gasteiger partial charge on any atom is -0.373 e. The zero-order chi connectivity index (χ0) is 14.4. The summed E-state index contributed by atoms with van der Waals surface area (Å²) in [6, 6.07) is 4.20. The van der Waals surface area contributed by atoms with Crippen molar-refractivity contribution >= 4 is 45.2 Å². The van der Waals surface area contributed by atoms with Gasteiger partial charge >= 0.3 is 6.03 Å². The molecule has 0 saturated carbocycles.